The van der Waals surface area contributed by atoms with Crippen molar-refractivity contribution in [3.8, 4) is 6.07 Å². The van der Waals surface area contributed by atoms with E-state index in [0.717, 1.165) is 0 Å². The van der Waals surface area contributed by atoms with Gasteiger partial charge in [-0.2, -0.15) is 5.26 Å². The maximum absolute atomic E-state index is 11.0. The fourth-order valence-corrected chi connectivity index (χ4v) is 2.68. The number of hydrogen-bond acceptors (Lipinski definition) is 6. The summed E-state index contributed by atoms with van der Waals surface area (Å²) < 4.78 is 5.00. The number of nitro groups is 1. The zero-order chi connectivity index (χ0) is 18.2. The normalized spacial score (nSPS) is 12.6. The Kier molecular flexibility index (Phi) is 6.18. The molecule has 0 radical (unpaired) electrons. The number of carbonyl (C=O) groups excluding carboxylic acids is 1. The Hall–Kier alpha value is -3.27. The molecule has 0 unspecified atom stereocenters. The number of carbonyl (C=O) groups is 1. The zero-order valence-corrected chi connectivity index (χ0v) is 13.7. The molecule has 25 heavy (non-hydrogen) atoms. The van der Waals surface area contributed by atoms with E-state index in [1.165, 1.54) is 19.1 Å². The summed E-state index contributed by atoms with van der Waals surface area (Å²) in [5, 5.41) is 20.7. The van der Waals surface area contributed by atoms with Crippen LogP contribution in [-0.2, 0) is 9.53 Å². The van der Waals surface area contributed by atoms with E-state index in [-0.39, 0.29) is 18.2 Å². The predicted octanol–water partition coefficient (Wildman–Crippen LogP) is 3.33. The molecule has 2 atom stereocenters. The van der Waals surface area contributed by atoms with Crippen molar-refractivity contribution in [2.75, 3.05) is 6.61 Å². The summed E-state index contributed by atoms with van der Waals surface area (Å²) in [5.41, 5.74) is 1.32. The summed E-state index contributed by atoms with van der Waals surface area (Å²) in [5.74, 6) is -1.34. The number of non-ortho nitro benzene ring substituents is 1. The van der Waals surface area contributed by atoms with Crippen molar-refractivity contribution in [1.82, 2.24) is 4.98 Å². The molecule has 1 aromatic carbocycles. The van der Waals surface area contributed by atoms with Crippen molar-refractivity contribution in [3.63, 3.8) is 0 Å². The summed E-state index contributed by atoms with van der Waals surface area (Å²) in [4.78, 5) is 25.6. The van der Waals surface area contributed by atoms with Gasteiger partial charge in [0.2, 0.25) is 0 Å². The van der Waals surface area contributed by atoms with E-state index in [1.54, 1.807) is 36.7 Å². The third kappa shape index (κ3) is 4.85. The fraction of sp³-hybridized carbons (Fsp3) is 0.278. The average Bonchev–Trinajstić information content (AvgIpc) is 2.61. The molecule has 2 rings (SSSR count). The van der Waals surface area contributed by atoms with Crippen LogP contribution in [0.1, 0.15) is 36.3 Å². The number of nitro benzene ring substituents is 1. The van der Waals surface area contributed by atoms with E-state index in [0.29, 0.717) is 17.5 Å². The predicted molar refractivity (Wildman–Crippen MR) is 89.7 cm³/mol. The summed E-state index contributed by atoms with van der Waals surface area (Å²) >= 11 is 0. The molecule has 7 heteroatoms. The van der Waals surface area contributed by atoms with Gasteiger partial charge in [-0.1, -0.05) is 18.2 Å². The minimum atomic E-state index is -0.564. The van der Waals surface area contributed by atoms with E-state index in [1.807, 2.05) is 0 Å². The van der Waals surface area contributed by atoms with Crippen molar-refractivity contribution in [2.45, 2.75) is 25.2 Å². The van der Waals surface area contributed by atoms with Gasteiger partial charge in [-0.3, -0.25) is 19.9 Å². The first kappa shape index (κ1) is 18.1. The second-order valence-corrected chi connectivity index (χ2v) is 5.48. The van der Waals surface area contributed by atoms with Gasteiger partial charge in [-0.15, -0.1) is 0 Å². The van der Waals surface area contributed by atoms with Crippen LogP contribution in [0, 0.1) is 21.4 Å². The van der Waals surface area contributed by atoms with Crippen LogP contribution >= 0.6 is 0 Å². The highest BCUT2D eigenvalue weighted by molar-refractivity contribution is 5.65. The molecule has 7 nitrogen and oxygen atoms in total. The Bertz CT molecular complexity index is 786. The highest BCUT2D eigenvalue weighted by atomic mass is 16.6. The van der Waals surface area contributed by atoms with Crippen LogP contribution < -0.4 is 0 Å². The van der Waals surface area contributed by atoms with Gasteiger partial charge < -0.3 is 4.74 Å². The molecule has 128 valence electrons. The summed E-state index contributed by atoms with van der Waals surface area (Å²) in [6.45, 7) is 1.44. The molecule has 0 saturated heterocycles. The topological polar surface area (TPSA) is 106 Å². The standard InChI is InChI=1S/C18H17N3O4/c1-13(22)25-9-7-17(14-4-2-6-16(10-14)21(23)24)18(11-19)15-5-3-8-20-12-15/h2-6,8,10,12,17-18H,7,9H2,1H3/t17-,18+/m1/s1. The fourth-order valence-electron chi connectivity index (χ4n) is 2.68. The molecule has 0 aliphatic rings. The Morgan fingerprint density at radius 1 is 1.36 bits per heavy atom. The van der Waals surface area contributed by atoms with E-state index in [4.69, 9.17) is 4.74 Å². The molecule has 1 heterocycles. The van der Waals surface area contributed by atoms with Crippen LogP contribution in [0.3, 0.4) is 0 Å². The van der Waals surface area contributed by atoms with Crippen molar-refractivity contribution in [1.29, 1.82) is 5.26 Å². The maximum atomic E-state index is 11.0. The molecule has 0 fully saturated rings. The molecule has 2 aromatic rings. The maximum Gasteiger partial charge on any atom is 0.302 e. The van der Waals surface area contributed by atoms with Gasteiger partial charge in [0, 0.05) is 37.4 Å². The number of nitrogens with zero attached hydrogens (tertiary/aromatic N) is 3. The first-order valence-corrected chi connectivity index (χ1v) is 7.70. The van der Waals surface area contributed by atoms with Crippen LogP contribution in [0.5, 0.6) is 0 Å². The summed E-state index contributed by atoms with van der Waals surface area (Å²) in [6.07, 6.45) is 3.58. The minimum absolute atomic E-state index is 0.0436. The SMILES string of the molecule is CC(=O)OCC[C@H](c1cccc([N+](=O)[O-])c1)[C@@H](C#N)c1cccnc1. The second kappa shape index (κ2) is 8.55. The van der Waals surface area contributed by atoms with Gasteiger partial charge >= 0.3 is 5.97 Å². The molecule has 0 N–H and O–H groups in total. The number of esters is 1. The first-order valence-electron chi connectivity index (χ1n) is 7.70. The number of hydrogen-bond donors (Lipinski definition) is 0. The third-order valence-corrected chi connectivity index (χ3v) is 3.83. The average molecular weight is 339 g/mol. The van der Waals surface area contributed by atoms with Gasteiger partial charge in [-0.25, -0.2) is 0 Å². The van der Waals surface area contributed by atoms with Crippen molar-refractivity contribution in [3.05, 3.63) is 70.0 Å². The number of pyridine rings is 1. The molecule has 0 saturated carbocycles. The van der Waals surface area contributed by atoms with Crippen LogP contribution in [-0.4, -0.2) is 22.5 Å². The zero-order valence-electron chi connectivity index (χ0n) is 13.7. The lowest BCUT2D eigenvalue weighted by atomic mass is 9.81. The summed E-state index contributed by atoms with van der Waals surface area (Å²) in [6, 6.07) is 12.0. The lowest BCUT2D eigenvalue weighted by Gasteiger charge is -2.22. The largest absolute Gasteiger partial charge is 0.466 e. The molecule has 0 amide bonds. The Morgan fingerprint density at radius 2 is 2.12 bits per heavy atom. The Balaban J connectivity index is 2.38. The molecule has 0 aliphatic carbocycles. The van der Waals surface area contributed by atoms with Crippen molar-refractivity contribution < 1.29 is 14.5 Å². The molecule has 0 spiro atoms. The van der Waals surface area contributed by atoms with E-state index in [2.05, 4.69) is 11.1 Å². The van der Waals surface area contributed by atoms with Gasteiger partial charge in [-0.05, 0) is 23.6 Å². The summed E-state index contributed by atoms with van der Waals surface area (Å²) in [7, 11) is 0. The molecular weight excluding hydrogens is 322 g/mol. The molecule has 1 aromatic heterocycles. The van der Waals surface area contributed by atoms with Crippen LogP contribution in [0.2, 0.25) is 0 Å². The van der Waals surface area contributed by atoms with Gasteiger partial charge in [0.15, 0.2) is 0 Å². The van der Waals surface area contributed by atoms with Gasteiger partial charge in [0.1, 0.15) is 0 Å². The monoisotopic (exact) mass is 339 g/mol. The van der Waals surface area contributed by atoms with Crippen molar-refractivity contribution >= 4 is 11.7 Å². The number of rotatable bonds is 7. The molecular formula is C18H17N3O4. The highest BCUT2D eigenvalue weighted by Gasteiger charge is 2.26. The van der Waals surface area contributed by atoms with E-state index >= 15 is 0 Å². The first-order chi connectivity index (χ1) is 12.0. The van der Waals surface area contributed by atoms with Crippen LogP contribution in [0.4, 0.5) is 5.69 Å². The van der Waals surface area contributed by atoms with Gasteiger partial charge in [0.05, 0.1) is 23.5 Å². The quantitative estimate of drug-likeness (QED) is 0.435. The Morgan fingerprint density at radius 3 is 2.72 bits per heavy atom. The van der Waals surface area contributed by atoms with Crippen LogP contribution in [0.25, 0.3) is 0 Å². The number of ether oxygens (including phenoxy) is 1. The highest BCUT2D eigenvalue weighted by Crippen LogP contribution is 2.36. The van der Waals surface area contributed by atoms with Crippen LogP contribution in [0.15, 0.2) is 48.8 Å². The number of aromatic nitrogens is 1. The van der Waals surface area contributed by atoms with Gasteiger partial charge in [0.25, 0.3) is 5.69 Å². The third-order valence-electron chi connectivity index (χ3n) is 3.83. The number of nitriles is 1. The molecule has 0 bridgehead atoms. The molecule has 0 aliphatic heterocycles. The lowest BCUT2D eigenvalue weighted by Crippen LogP contribution is -2.14. The second-order valence-electron chi connectivity index (χ2n) is 5.48. The van der Waals surface area contributed by atoms with E-state index < -0.39 is 16.8 Å². The minimum Gasteiger partial charge on any atom is -0.466 e. The van der Waals surface area contributed by atoms with E-state index in [9.17, 15) is 20.2 Å². The Labute approximate surface area is 145 Å². The number of benzene rings is 1. The smallest absolute Gasteiger partial charge is 0.302 e. The van der Waals surface area contributed by atoms with Crippen molar-refractivity contribution in [2.24, 2.45) is 0 Å². The lowest BCUT2D eigenvalue weighted by molar-refractivity contribution is -0.384.